The highest BCUT2D eigenvalue weighted by Gasteiger charge is 2.12. The zero-order chi connectivity index (χ0) is 15.8. The van der Waals surface area contributed by atoms with E-state index >= 15 is 0 Å². The van der Waals surface area contributed by atoms with Crippen LogP contribution in [0.1, 0.15) is 5.69 Å². The van der Waals surface area contributed by atoms with E-state index in [1.807, 2.05) is 49.4 Å². The molecule has 0 unspecified atom stereocenters. The molecule has 24 heavy (non-hydrogen) atoms. The smallest absolute Gasteiger partial charge is 0.163 e. The molecule has 0 saturated carbocycles. The molecule has 0 spiro atoms. The van der Waals surface area contributed by atoms with E-state index < -0.39 is 0 Å². The van der Waals surface area contributed by atoms with Crippen LogP contribution in [0.2, 0.25) is 5.02 Å². The number of benzene rings is 2. The molecule has 1 aromatic heterocycles. The minimum absolute atomic E-state index is 0. The van der Waals surface area contributed by atoms with Crippen molar-refractivity contribution in [2.24, 2.45) is 0 Å². The number of fused-ring (bicyclic) bond motifs is 2. The topological polar surface area (TPSA) is 43.4 Å². The van der Waals surface area contributed by atoms with Gasteiger partial charge in [0.15, 0.2) is 11.5 Å². The van der Waals surface area contributed by atoms with E-state index in [4.69, 9.17) is 21.1 Å². The molecule has 3 aromatic rings. The Morgan fingerprint density at radius 1 is 1.00 bits per heavy atom. The van der Waals surface area contributed by atoms with Crippen LogP contribution in [0.4, 0.5) is 11.4 Å². The summed E-state index contributed by atoms with van der Waals surface area (Å²) in [6.07, 6.45) is 0. The van der Waals surface area contributed by atoms with Crippen molar-refractivity contribution in [3.8, 4) is 11.5 Å². The van der Waals surface area contributed by atoms with Crippen LogP contribution in [0, 0.1) is 6.92 Å². The van der Waals surface area contributed by atoms with Crippen LogP contribution in [-0.2, 0) is 0 Å². The minimum atomic E-state index is 0. The Kier molecular flexibility index (Phi) is 4.69. The first-order valence-electron chi connectivity index (χ1n) is 7.43. The Morgan fingerprint density at radius 2 is 1.79 bits per heavy atom. The van der Waals surface area contributed by atoms with Gasteiger partial charge in [0.25, 0.3) is 0 Å². The molecule has 0 saturated heterocycles. The first kappa shape index (κ1) is 16.7. The van der Waals surface area contributed by atoms with Gasteiger partial charge in [-0.25, -0.2) is 0 Å². The molecule has 0 atom stereocenters. The Hall–Kier alpha value is -2.17. The maximum absolute atomic E-state index is 6.07. The third-order valence-electron chi connectivity index (χ3n) is 3.72. The summed E-state index contributed by atoms with van der Waals surface area (Å²) in [5, 5.41) is 5.14. The third-order valence-corrected chi connectivity index (χ3v) is 3.96. The number of aryl methyl sites for hydroxylation is 1. The third kappa shape index (κ3) is 3.21. The molecule has 4 nitrogen and oxygen atoms in total. The van der Waals surface area contributed by atoms with Crippen LogP contribution in [0.5, 0.6) is 11.5 Å². The maximum Gasteiger partial charge on any atom is 0.163 e. The van der Waals surface area contributed by atoms with E-state index in [0.717, 1.165) is 39.5 Å². The van der Waals surface area contributed by atoms with Gasteiger partial charge in [0.2, 0.25) is 0 Å². The van der Waals surface area contributed by atoms with Gasteiger partial charge in [-0.1, -0.05) is 11.6 Å². The van der Waals surface area contributed by atoms with Crippen LogP contribution >= 0.6 is 24.0 Å². The van der Waals surface area contributed by atoms with E-state index in [-0.39, 0.29) is 12.4 Å². The van der Waals surface area contributed by atoms with Crippen molar-refractivity contribution >= 4 is 46.3 Å². The molecule has 6 heteroatoms. The van der Waals surface area contributed by atoms with E-state index in [0.29, 0.717) is 18.2 Å². The molecule has 1 aliphatic rings. The van der Waals surface area contributed by atoms with Gasteiger partial charge in [0.05, 0.1) is 5.52 Å². The number of pyridine rings is 1. The molecule has 0 aliphatic carbocycles. The number of rotatable bonds is 2. The Morgan fingerprint density at radius 3 is 2.62 bits per heavy atom. The van der Waals surface area contributed by atoms with Gasteiger partial charge in [-0.15, -0.1) is 12.4 Å². The van der Waals surface area contributed by atoms with Gasteiger partial charge < -0.3 is 14.8 Å². The lowest BCUT2D eigenvalue weighted by Crippen LogP contribution is -2.15. The maximum atomic E-state index is 6.07. The molecule has 1 aliphatic heterocycles. The van der Waals surface area contributed by atoms with E-state index in [1.54, 1.807) is 0 Å². The standard InChI is InChI=1S/C18H15ClN2O2.ClH/c1-11-8-15(14-4-2-12(19)9-16(14)20-11)21-13-3-5-17-18(10-13)23-7-6-22-17;/h2-5,8-10H,6-7H2,1H3,(H,20,21);1H. The summed E-state index contributed by atoms with van der Waals surface area (Å²) in [7, 11) is 0. The molecular formula is C18H16Cl2N2O2. The first-order chi connectivity index (χ1) is 11.2. The van der Waals surface area contributed by atoms with Gasteiger partial charge >= 0.3 is 0 Å². The number of ether oxygens (including phenoxy) is 2. The zero-order valence-corrected chi connectivity index (χ0v) is 14.6. The molecule has 0 bridgehead atoms. The fourth-order valence-corrected chi connectivity index (χ4v) is 2.88. The van der Waals surface area contributed by atoms with E-state index in [2.05, 4.69) is 10.3 Å². The summed E-state index contributed by atoms with van der Waals surface area (Å²) in [4.78, 5) is 4.54. The first-order valence-corrected chi connectivity index (χ1v) is 7.80. The highest BCUT2D eigenvalue weighted by Crippen LogP contribution is 2.35. The number of halogens is 2. The van der Waals surface area contributed by atoms with Crippen molar-refractivity contribution in [2.75, 3.05) is 18.5 Å². The van der Waals surface area contributed by atoms with Crippen LogP contribution in [0.3, 0.4) is 0 Å². The normalized spacial score (nSPS) is 12.6. The zero-order valence-electron chi connectivity index (χ0n) is 13.0. The fourth-order valence-electron chi connectivity index (χ4n) is 2.71. The van der Waals surface area contributed by atoms with E-state index in [9.17, 15) is 0 Å². The summed E-state index contributed by atoms with van der Waals surface area (Å²) < 4.78 is 11.2. The number of hydrogen-bond acceptors (Lipinski definition) is 4. The summed E-state index contributed by atoms with van der Waals surface area (Å²) in [6.45, 7) is 3.14. The summed E-state index contributed by atoms with van der Waals surface area (Å²) >= 11 is 6.07. The summed E-state index contributed by atoms with van der Waals surface area (Å²) in [6, 6.07) is 13.6. The van der Waals surface area contributed by atoms with Crippen molar-refractivity contribution in [3.63, 3.8) is 0 Å². The molecule has 4 rings (SSSR count). The number of nitrogens with zero attached hydrogens (tertiary/aromatic N) is 1. The molecule has 0 fully saturated rings. The lowest BCUT2D eigenvalue weighted by molar-refractivity contribution is 0.171. The minimum Gasteiger partial charge on any atom is -0.486 e. The predicted octanol–water partition coefficient (Wildman–Crippen LogP) is 5.13. The summed E-state index contributed by atoms with van der Waals surface area (Å²) in [5.41, 5.74) is 3.73. The van der Waals surface area contributed by atoms with Crippen LogP contribution in [0.15, 0.2) is 42.5 Å². The Labute approximate surface area is 151 Å². The monoisotopic (exact) mass is 362 g/mol. The van der Waals surface area contributed by atoms with Gasteiger partial charge in [-0.2, -0.15) is 0 Å². The molecule has 1 N–H and O–H groups in total. The highest BCUT2D eigenvalue weighted by molar-refractivity contribution is 6.31. The van der Waals surface area contributed by atoms with Crippen LogP contribution < -0.4 is 14.8 Å². The largest absolute Gasteiger partial charge is 0.486 e. The molecule has 0 radical (unpaired) electrons. The average Bonchev–Trinajstić information content (AvgIpc) is 2.54. The average molecular weight is 363 g/mol. The quantitative estimate of drug-likeness (QED) is 0.685. The number of aromatic nitrogens is 1. The van der Waals surface area contributed by atoms with Gasteiger partial charge in [0, 0.05) is 33.5 Å². The molecule has 2 heterocycles. The molecule has 0 amide bonds. The second kappa shape index (κ2) is 6.75. The van der Waals surface area contributed by atoms with Crippen molar-refractivity contribution in [2.45, 2.75) is 6.92 Å². The van der Waals surface area contributed by atoms with Crippen LogP contribution in [-0.4, -0.2) is 18.2 Å². The predicted molar refractivity (Wildman–Crippen MR) is 99.5 cm³/mol. The summed E-state index contributed by atoms with van der Waals surface area (Å²) in [5.74, 6) is 1.55. The number of hydrogen-bond donors (Lipinski definition) is 1. The van der Waals surface area contributed by atoms with Crippen molar-refractivity contribution in [1.82, 2.24) is 4.98 Å². The lowest BCUT2D eigenvalue weighted by atomic mass is 10.1. The van der Waals surface area contributed by atoms with Gasteiger partial charge in [-0.05, 0) is 43.3 Å². The fraction of sp³-hybridized carbons (Fsp3) is 0.167. The van der Waals surface area contributed by atoms with Gasteiger partial charge in [0.1, 0.15) is 13.2 Å². The highest BCUT2D eigenvalue weighted by atomic mass is 35.5. The number of anilines is 2. The Balaban J connectivity index is 0.00000169. The SMILES string of the molecule is Cc1cc(Nc2ccc3c(c2)OCCO3)c2ccc(Cl)cc2n1.Cl. The lowest BCUT2D eigenvalue weighted by Gasteiger charge is -2.19. The number of nitrogens with one attached hydrogen (secondary N) is 1. The van der Waals surface area contributed by atoms with E-state index in [1.165, 1.54) is 0 Å². The molecular weight excluding hydrogens is 347 g/mol. The second-order valence-electron chi connectivity index (χ2n) is 5.46. The second-order valence-corrected chi connectivity index (χ2v) is 5.89. The van der Waals surface area contributed by atoms with Gasteiger partial charge in [-0.3, -0.25) is 4.98 Å². The molecule has 2 aromatic carbocycles. The Bertz CT molecular complexity index is 894. The molecule has 124 valence electrons. The van der Waals surface area contributed by atoms with Crippen molar-refractivity contribution in [1.29, 1.82) is 0 Å². The van der Waals surface area contributed by atoms with Crippen molar-refractivity contribution < 1.29 is 9.47 Å². The van der Waals surface area contributed by atoms with Crippen molar-refractivity contribution in [3.05, 3.63) is 53.2 Å². The van der Waals surface area contributed by atoms with Crippen LogP contribution in [0.25, 0.3) is 10.9 Å².